The molecule has 6 heteroatoms. The number of hydrogen-bond donors (Lipinski definition) is 5. The van der Waals surface area contributed by atoms with E-state index in [-0.39, 0.29) is 70.3 Å². The molecule has 0 saturated heterocycles. The Morgan fingerprint density at radius 1 is 0.354 bits per heavy atom. The van der Waals surface area contributed by atoms with Crippen LogP contribution in [0.3, 0.4) is 0 Å². The fourth-order valence-corrected chi connectivity index (χ4v) is 10.2. The van der Waals surface area contributed by atoms with Crippen LogP contribution in [0, 0.1) is 47.3 Å². The number of aliphatic carboxylic acids is 1. The maximum atomic E-state index is 15.7. The Hall–Kier alpha value is -4.45. The minimum absolute atomic E-state index is 0.172. The van der Waals surface area contributed by atoms with E-state index in [0.717, 1.165) is 33.4 Å². The molecule has 5 N–H and O–H groups in total. The maximum absolute atomic E-state index is 15.7. The van der Waals surface area contributed by atoms with Gasteiger partial charge in [-0.15, -0.1) is 0 Å². The van der Waals surface area contributed by atoms with Gasteiger partial charge in [-0.05, 0) is 165 Å². The average Bonchev–Trinajstić information content (AvgIpc) is 3.15. The van der Waals surface area contributed by atoms with Crippen molar-refractivity contribution in [2.45, 2.75) is 173 Å². The Labute approximate surface area is 394 Å². The molecule has 0 atom stereocenters. The quantitative estimate of drug-likeness (QED) is 0.0536. The van der Waals surface area contributed by atoms with Gasteiger partial charge in [-0.3, -0.25) is 4.79 Å². The zero-order valence-electron chi connectivity index (χ0n) is 43.1. The van der Waals surface area contributed by atoms with E-state index in [1.807, 2.05) is 48.5 Å². The summed E-state index contributed by atoms with van der Waals surface area (Å²) >= 11 is 0. The lowest BCUT2D eigenvalue weighted by Crippen LogP contribution is -2.44. The van der Waals surface area contributed by atoms with E-state index >= 15 is 4.79 Å². The summed E-state index contributed by atoms with van der Waals surface area (Å²) in [6, 6.07) is 16.0. The Balaban J connectivity index is 2.52. The van der Waals surface area contributed by atoms with Gasteiger partial charge in [0.1, 0.15) is 28.4 Å². The fraction of sp³-hybridized carbons (Fsp3) is 0.576. The van der Waals surface area contributed by atoms with Gasteiger partial charge in [-0.2, -0.15) is 0 Å². The number of carboxylic acids is 1. The molecule has 0 spiro atoms. The van der Waals surface area contributed by atoms with Gasteiger partial charge in [0.25, 0.3) is 0 Å². The first-order valence-corrected chi connectivity index (χ1v) is 24.9. The van der Waals surface area contributed by atoms with Gasteiger partial charge in [-0.25, -0.2) is 0 Å². The highest BCUT2D eigenvalue weighted by atomic mass is 16.4. The minimum Gasteiger partial charge on any atom is -0.507 e. The van der Waals surface area contributed by atoms with E-state index < -0.39 is 17.3 Å². The van der Waals surface area contributed by atoms with Crippen LogP contribution in [0.4, 0.5) is 0 Å². The van der Waals surface area contributed by atoms with Crippen molar-refractivity contribution in [1.82, 2.24) is 0 Å². The van der Waals surface area contributed by atoms with E-state index in [9.17, 15) is 25.5 Å². The van der Waals surface area contributed by atoms with Crippen molar-refractivity contribution in [1.29, 1.82) is 0 Å². The van der Waals surface area contributed by atoms with E-state index in [4.69, 9.17) is 0 Å². The molecule has 0 aromatic heterocycles. The zero-order chi connectivity index (χ0) is 48.8. The molecule has 0 aliphatic heterocycles. The predicted molar refractivity (Wildman–Crippen MR) is 271 cm³/mol. The molecule has 4 aromatic rings. The summed E-state index contributed by atoms with van der Waals surface area (Å²) in [5, 5.41) is 61.1. The van der Waals surface area contributed by atoms with Crippen molar-refractivity contribution in [2.75, 3.05) is 0 Å². The molecule has 0 amide bonds. The SMILES string of the molecule is CC(C)Cc1cc(C(c2cc(CC(C)C)c(O)c(CC(C)C)c2)C(C(=O)O)(c2cc(CC(C)C)c(O)c(CC(C)C)c2)c2cc(CC(C)C)c(O)c(CC(C)C)c2)cc(CC(C)C)c1O. The normalized spacial score (nSPS) is 12.6. The summed E-state index contributed by atoms with van der Waals surface area (Å²) in [5.74, 6) is 0.502. The topological polar surface area (TPSA) is 118 Å². The highest BCUT2D eigenvalue weighted by Crippen LogP contribution is 2.53. The van der Waals surface area contributed by atoms with E-state index in [1.165, 1.54) is 0 Å². The second-order valence-corrected chi connectivity index (χ2v) is 23.0. The van der Waals surface area contributed by atoms with Crippen LogP contribution in [0.15, 0.2) is 48.5 Å². The number of carboxylic acid groups (broad SMARTS) is 1. The monoisotopic (exact) mass is 891 g/mol. The van der Waals surface area contributed by atoms with E-state index in [2.05, 4.69) is 111 Å². The van der Waals surface area contributed by atoms with Gasteiger partial charge in [0, 0.05) is 5.92 Å². The van der Waals surface area contributed by atoms with Crippen molar-refractivity contribution in [3.05, 3.63) is 115 Å². The summed E-state index contributed by atoms with van der Waals surface area (Å²) in [7, 11) is 0. The maximum Gasteiger partial charge on any atom is 0.319 e. The highest BCUT2D eigenvalue weighted by molar-refractivity contribution is 5.90. The van der Waals surface area contributed by atoms with Crippen LogP contribution < -0.4 is 0 Å². The predicted octanol–water partition coefficient (Wildman–Crippen LogP) is 14.3. The van der Waals surface area contributed by atoms with Crippen molar-refractivity contribution in [3.8, 4) is 23.0 Å². The van der Waals surface area contributed by atoms with Crippen LogP contribution in [-0.2, 0) is 61.6 Å². The first-order chi connectivity index (χ1) is 30.3. The number of rotatable bonds is 22. The molecular formula is C59H86O6. The summed E-state index contributed by atoms with van der Waals surface area (Å²) < 4.78 is 0. The lowest BCUT2D eigenvalue weighted by molar-refractivity contribution is -0.142. The Morgan fingerprint density at radius 2 is 0.523 bits per heavy atom. The van der Waals surface area contributed by atoms with Gasteiger partial charge in [0.15, 0.2) is 0 Å². The van der Waals surface area contributed by atoms with Gasteiger partial charge >= 0.3 is 5.97 Å². The van der Waals surface area contributed by atoms with Gasteiger partial charge in [0.2, 0.25) is 0 Å². The minimum atomic E-state index is -1.85. The number of aromatic hydroxyl groups is 4. The first-order valence-electron chi connectivity index (χ1n) is 24.9. The summed E-state index contributed by atoms with van der Waals surface area (Å²) in [6.45, 7) is 34.0. The lowest BCUT2D eigenvalue weighted by atomic mass is 9.59. The summed E-state index contributed by atoms with van der Waals surface area (Å²) in [6.07, 6.45) is 4.56. The summed E-state index contributed by atoms with van der Waals surface area (Å²) in [4.78, 5) is 15.7. The zero-order valence-corrected chi connectivity index (χ0v) is 43.1. The molecule has 358 valence electrons. The molecule has 0 radical (unpaired) electrons. The molecule has 6 nitrogen and oxygen atoms in total. The van der Waals surface area contributed by atoms with Crippen LogP contribution in [0.25, 0.3) is 0 Å². The number of benzene rings is 4. The molecule has 4 rings (SSSR count). The van der Waals surface area contributed by atoms with Crippen molar-refractivity contribution >= 4 is 5.97 Å². The van der Waals surface area contributed by atoms with Crippen LogP contribution in [-0.4, -0.2) is 31.5 Å². The third kappa shape index (κ3) is 12.9. The van der Waals surface area contributed by atoms with Crippen LogP contribution in [0.2, 0.25) is 0 Å². The van der Waals surface area contributed by atoms with Crippen LogP contribution in [0.5, 0.6) is 23.0 Å². The molecule has 0 saturated carbocycles. The number of carbonyl (C=O) groups is 1. The Kier molecular flexibility index (Phi) is 18.3. The van der Waals surface area contributed by atoms with Crippen LogP contribution in [0.1, 0.15) is 183 Å². The average molecular weight is 891 g/mol. The van der Waals surface area contributed by atoms with Crippen LogP contribution >= 0.6 is 0 Å². The molecular weight excluding hydrogens is 805 g/mol. The van der Waals surface area contributed by atoms with Gasteiger partial charge in [-0.1, -0.05) is 159 Å². The smallest absolute Gasteiger partial charge is 0.319 e. The van der Waals surface area contributed by atoms with E-state index in [0.29, 0.717) is 84.7 Å². The first kappa shape index (κ1) is 53.2. The third-order valence-corrected chi connectivity index (χ3v) is 12.5. The number of phenols is 4. The number of phenolic OH excluding ortho intramolecular Hbond substituents is 4. The van der Waals surface area contributed by atoms with Gasteiger partial charge < -0.3 is 25.5 Å². The lowest BCUT2D eigenvalue weighted by Gasteiger charge is -2.41. The molecule has 65 heavy (non-hydrogen) atoms. The fourth-order valence-electron chi connectivity index (χ4n) is 10.2. The van der Waals surface area contributed by atoms with Crippen molar-refractivity contribution in [3.63, 3.8) is 0 Å². The second kappa shape index (κ2) is 22.4. The molecule has 0 heterocycles. The second-order valence-electron chi connectivity index (χ2n) is 23.0. The summed E-state index contributed by atoms with van der Waals surface area (Å²) in [5.41, 5.74) is 6.74. The third-order valence-electron chi connectivity index (χ3n) is 12.5. The standard InChI is InChI=1S/C59H86O6/c1-33(2)17-43-25-41(26-44(54(43)60)18-34(3)4)53(42-27-45(19-35(5)6)55(61)46(28-42)20-36(7)8)59(58(64)65,51-29-47(21-37(9)10)56(62)48(30-51)22-38(11)12)52-31-49(23-39(13)14)57(63)50(32-52)24-40(15)16/h25-40,53,60-63H,17-24H2,1-16H3,(H,64,65). The molecule has 0 bridgehead atoms. The largest absolute Gasteiger partial charge is 0.507 e. The highest BCUT2D eigenvalue weighted by Gasteiger charge is 2.52. The van der Waals surface area contributed by atoms with Crippen molar-refractivity contribution in [2.24, 2.45) is 47.3 Å². The van der Waals surface area contributed by atoms with Gasteiger partial charge in [0.05, 0.1) is 0 Å². The number of hydrogen-bond acceptors (Lipinski definition) is 5. The molecule has 0 unspecified atom stereocenters. The van der Waals surface area contributed by atoms with Crippen molar-refractivity contribution < 1.29 is 30.3 Å². The molecule has 0 aliphatic rings. The van der Waals surface area contributed by atoms with E-state index in [1.54, 1.807) is 0 Å². The Morgan fingerprint density at radius 3 is 0.677 bits per heavy atom. The molecule has 4 aromatic carbocycles. The molecule has 0 fully saturated rings. The molecule has 0 aliphatic carbocycles. The Bertz CT molecular complexity index is 1960.